The van der Waals surface area contributed by atoms with Crippen LogP contribution in [0.1, 0.15) is 45.2 Å². The van der Waals surface area contributed by atoms with Crippen LogP contribution in [-0.2, 0) is 14.2 Å². The first-order chi connectivity index (χ1) is 11.0. The first-order valence-corrected chi connectivity index (χ1v) is 8.21. The van der Waals surface area contributed by atoms with Crippen molar-refractivity contribution in [3.63, 3.8) is 0 Å². The van der Waals surface area contributed by atoms with Crippen molar-refractivity contribution >= 4 is 11.1 Å². The summed E-state index contributed by atoms with van der Waals surface area (Å²) in [4.78, 5) is 0. The summed E-state index contributed by atoms with van der Waals surface area (Å²) in [6.45, 7) is 10.6. The minimum Gasteiger partial charge on any atom is -0.501 e. The van der Waals surface area contributed by atoms with Crippen molar-refractivity contribution in [3.8, 4) is 0 Å². The van der Waals surface area contributed by atoms with E-state index in [1.807, 2.05) is 12.5 Å². The molecule has 3 nitrogen and oxygen atoms in total. The third-order valence-corrected chi connectivity index (χ3v) is 3.36. The molecule has 0 aliphatic rings. The summed E-state index contributed by atoms with van der Waals surface area (Å²) in [5, 5.41) is 0. The normalized spacial score (nSPS) is 12.6. The fourth-order valence-electron chi connectivity index (χ4n) is 1.97. The standard InChI is InChI=1S/C20H30O3/c1-16(2)13-23-15-18(4)20-9-7-19(8-10-20)17(3)14-22-12-6-11-21-5/h7-10,14-16H,6,11-13H2,1-5H3/b17-14+,18-15+. The monoisotopic (exact) mass is 318 g/mol. The molecule has 0 aliphatic heterocycles. The van der Waals surface area contributed by atoms with Crippen LogP contribution in [-0.4, -0.2) is 26.9 Å². The average molecular weight is 318 g/mol. The van der Waals surface area contributed by atoms with Crippen LogP contribution in [0.25, 0.3) is 11.1 Å². The second kappa shape index (κ2) is 10.9. The second-order valence-electron chi connectivity index (χ2n) is 6.12. The SMILES string of the molecule is COCCCO/C=C(\C)c1ccc(/C(C)=C/OCC(C)C)cc1. The molecule has 0 heterocycles. The molecule has 0 saturated carbocycles. The van der Waals surface area contributed by atoms with E-state index in [1.54, 1.807) is 7.11 Å². The predicted octanol–water partition coefficient (Wildman–Crippen LogP) is 5.13. The van der Waals surface area contributed by atoms with Gasteiger partial charge < -0.3 is 14.2 Å². The van der Waals surface area contributed by atoms with Gasteiger partial charge in [-0.1, -0.05) is 38.1 Å². The van der Waals surface area contributed by atoms with Gasteiger partial charge in [-0.25, -0.2) is 0 Å². The van der Waals surface area contributed by atoms with E-state index in [4.69, 9.17) is 14.2 Å². The minimum atomic E-state index is 0.540. The van der Waals surface area contributed by atoms with Gasteiger partial charge in [0.2, 0.25) is 0 Å². The number of allylic oxidation sites excluding steroid dienone is 2. The van der Waals surface area contributed by atoms with E-state index in [9.17, 15) is 0 Å². The van der Waals surface area contributed by atoms with Crippen molar-refractivity contribution in [2.75, 3.05) is 26.9 Å². The lowest BCUT2D eigenvalue weighted by Crippen LogP contribution is -1.97. The van der Waals surface area contributed by atoms with Gasteiger partial charge in [0.05, 0.1) is 25.7 Å². The van der Waals surface area contributed by atoms with Gasteiger partial charge in [0.25, 0.3) is 0 Å². The number of hydrogen-bond donors (Lipinski definition) is 0. The Morgan fingerprint density at radius 3 is 1.91 bits per heavy atom. The molecule has 0 aromatic heterocycles. The summed E-state index contributed by atoms with van der Waals surface area (Å²) >= 11 is 0. The van der Waals surface area contributed by atoms with Gasteiger partial charge in [0, 0.05) is 20.1 Å². The highest BCUT2D eigenvalue weighted by Gasteiger charge is 2.00. The van der Waals surface area contributed by atoms with Crippen LogP contribution in [0.2, 0.25) is 0 Å². The van der Waals surface area contributed by atoms with Gasteiger partial charge in [-0.15, -0.1) is 0 Å². The maximum Gasteiger partial charge on any atom is 0.0896 e. The molecule has 0 saturated heterocycles. The molecule has 23 heavy (non-hydrogen) atoms. The molecule has 0 bridgehead atoms. The van der Waals surface area contributed by atoms with Gasteiger partial charge in [0.1, 0.15) is 0 Å². The van der Waals surface area contributed by atoms with E-state index in [2.05, 4.69) is 52.0 Å². The Labute approximate surface area is 141 Å². The summed E-state index contributed by atoms with van der Waals surface area (Å²) in [7, 11) is 1.70. The van der Waals surface area contributed by atoms with Gasteiger partial charge >= 0.3 is 0 Å². The lowest BCUT2D eigenvalue weighted by atomic mass is 10.0. The molecular formula is C20H30O3. The zero-order chi connectivity index (χ0) is 17.1. The topological polar surface area (TPSA) is 27.7 Å². The molecule has 0 aliphatic carbocycles. The van der Waals surface area contributed by atoms with Crippen LogP contribution in [0.4, 0.5) is 0 Å². The van der Waals surface area contributed by atoms with E-state index in [1.165, 1.54) is 5.56 Å². The largest absolute Gasteiger partial charge is 0.501 e. The van der Waals surface area contributed by atoms with Gasteiger partial charge in [0.15, 0.2) is 0 Å². The van der Waals surface area contributed by atoms with E-state index in [-0.39, 0.29) is 0 Å². The molecule has 0 fully saturated rings. The van der Waals surface area contributed by atoms with Crippen LogP contribution in [0.3, 0.4) is 0 Å². The highest BCUT2D eigenvalue weighted by Crippen LogP contribution is 2.19. The molecule has 1 aromatic rings. The van der Waals surface area contributed by atoms with Crippen molar-refractivity contribution in [1.29, 1.82) is 0 Å². The predicted molar refractivity (Wildman–Crippen MR) is 97.0 cm³/mol. The molecule has 0 radical (unpaired) electrons. The molecule has 3 heteroatoms. The first kappa shape index (κ1) is 19.3. The number of benzene rings is 1. The highest BCUT2D eigenvalue weighted by atomic mass is 16.5. The van der Waals surface area contributed by atoms with Gasteiger partial charge in [-0.05, 0) is 42.0 Å². The quantitative estimate of drug-likeness (QED) is 0.442. The Kier molecular flexibility index (Phi) is 9.15. The zero-order valence-corrected chi connectivity index (χ0v) is 15.1. The summed E-state index contributed by atoms with van der Waals surface area (Å²) in [5.74, 6) is 0.540. The molecule has 1 aromatic carbocycles. The number of ether oxygens (including phenoxy) is 3. The van der Waals surface area contributed by atoms with Gasteiger partial charge in [-0.2, -0.15) is 0 Å². The maximum atomic E-state index is 5.57. The van der Waals surface area contributed by atoms with Gasteiger partial charge in [-0.3, -0.25) is 0 Å². The third kappa shape index (κ3) is 7.89. The van der Waals surface area contributed by atoms with Crippen molar-refractivity contribution in [3.05, 3.63) is 47.9 Å². The fourth-order valence-corrected chi connectivity index (χ4v) is 1.97. The summed E-state index contributed by atoms with van der Waals surface area (Å²) in [5.41, 5.74) is 4.59. The van der Waals surface area contributed by atoms with E-state index < -0.39 is 0 Å². The van der Waals surface area contributed by atoms with Crippen molar-refractivity contribution in [2.24, 2.45) is 5.92 Å². The van der Waals surface area contributed by atoms with Crippen molar-refractivity contribution in [2.45, 2.75) is 34.1 Å². The number of methoxy groups -OCH3 is 1. The first-order valence-electron chi connectivity index (χ1n) is 8.21. The second-order valence-corrected chi connectivity index (χ2v) is 6.12. The molecule has 0 unspecified atom stereocenters. The smallest absolute Gasteiger partial charge is 0.0896 e. The Balaban J connectivity index is 2.56. The highest BCUT2D eigenvalue weighted by molar-refractivity contribution is 5.68. The maximum absolute atomic E-state index is 5.57. The summed E-state index contributed by atoms with van der Waals surface area (Å²) in [6.07, 6.45) is 4.56. The Morgan fingerprint density at radius 2 is 1.43 bits per heavy atom. The van der Waals surface area contributed by atoms with E-state index >= 15 is 0 Å². The van der Waals surface area contributed by atoms with E-state index in [0.29, 0.717) is 12.5 Å². The molecule has 0 N–H and O–H groups in total. The summed E-state index contributed by atoms with van der Waals surface area (Å²) < 4.78 is 16.1. The fraction of sp³-hybridized carbons (Fsp3) is 0.500. The van der Waals surface area contributed by atoms with Crippen LogP contribution in [0.5, 0.6) is 0 Å². The molecule has 1 rings (SSSR count). The third-order valence-electron chi connectivity index (χ3n) is 3.36. The molecule has 128 valence electrons. The molecular weight excluding hydrogens is 288 g/mol. The number of rotatable bonds is 10. The summed E-state index contributed by atoms with van der Waals surface area (Å²) in [6, 6.07) is 8.45. The van der Waals surface area contributed by atoms with Crippen LogP contribution >= 0.6 is 0 Å². The Bertz CT molecular complexity index is 498. The van der Waals surface area contributed by atoms with Crippen molar-refractivity contribution < 1.29 is 14.2 Å². The Morgan fingerprint density at radius 1 is 0.913 bits per heavy atom. The lowest BCUT2D eigenvalue weighted by Gasteiger charge is -2.08. The molecule has 0 atom stereocenters. The van der Waals surface area contributed by atoms with Crippen molar-refractivity contribution in [1.82, 2.24) is 0 Å². The minimum absolute atomic E-state index is 0.540. The average Bonchev–Trinajstić information content (AvgIpc) is 2.54. The number of hydrogen-bond acceptors (Lipinski definition) is 3. The van der Waals surface area contributed by atoms with Crippen LogP contribution < -0.4 is 0 Å². The zero-order valence-electron chi connectivity index (χ0n) is 15.1. The van der Waals surface area contributed by atoms with Crippen LogP contribution in [0.15, 0.2) is 36.8 Å². The molecule has 0 spiro atoms. The Hall–Kier alpha value is -1.74. The molecule has 0 amide bonds. The van der Waals surface area contributed by atoms with Crippen LogP contribution in [0, 0.1) is 5.92 Å². The van der Waals surface area contributed by atoms with E-state index in [0.717, 1.165) is 36.3 Å². The lowest BCUT2D eigenvalue weighted by molar-refractivity contribution is 0.157.